The van der Waals surface area contributed by atoms with Gasteiger partial charge in [-0.15, -0.1) is 0 Å². The molecule has 7 nitrogen and oxygen atoms in total. The van der Waals surface area contributed by atoms with Crippen LogP contribution in [0.2, 0.25) is 0 Å². The van der Waals surface area contributed by atoms with E-state index in [0.29, 0.717) is 26.2 Å². The monoisotopic (exact) mass is 587 g/mol. The number of aromatic nitrogens is 1. The first-order chi connectivity index (χ1) is 21.5. The Morgan fingerprint density at radius 2 is 1.55 bits per heavy atom. The molecular formula is C37H41N5O2. The quantitative estimate of drug-likeness (QED) is 0.313. The first-order valence-corrected chi connectivity index (χ1v) is 15.7. The maximum Gasteiger partial charge on any atom is 0.237 e. The first kappa shape index (κ1) is 29.7. The smallest absolute Gasteiger partial charge is 0.237 e. The topological polar surface area (TPSA) is 60.0 Å². The summed E-state index contributed by atoms with van der Waals surface area (Å²) in [6.45, 7) is 7.77. The molecule has 3 heterocycles. The van der Waals surface area contributed by atoms with Crippen LogP contribution in [-0.4, -0.2) is 70.8 Å². The third-order valence-electron chi connectivity index (χ3n) is 8.82. The minimum absolute atomic E-state index is 0.0130. The molecule has 0 radical (unpaired) electrons. The van der Waals surface area contributed by atoms with Crippen molar-refractivity contribution >= 4 is 17.5 Å². The van der Waals surface area contributed by atoms with Crippen molar-refractivity contribution in [1.82, 2.24) is 19.7 Å². The van der Waals surface area contributed by atoms with Crippen LogP contribution in [-0.2, 0) is 35.6 Å². The number of carbonyl (C=O) groups is 2. The molecule has 0 spiro atoms. The van der Waals surface area contributed by atoms with Crippen LogP contribution >= 0.6 is 0 Å². The second-order valence-corrected chi connectivity index (χ2v) is 11.9. The highest BCUT2D eigenvalue weighted by Gasteiger charge is 2.25. The van der Waals surface area contributed by atoms with E-state index in [2.05, 4.69) is 75.4 Å². The van der Waals surface area contributed by atoms with E-state index < -0.39 is 0 Å². The molecule has 1 aromatic heterocycles. The molecule has 0 fully saturated rings. The van der Waals surface area contributed by atoms with E-state index >= 15 is 0 Å². The van der Waals surface area contributed by atoms with Crippen molar-refractivity contribution in [3.05, 3.63) is 120 Å². The van der Waals surface area contributed by atoms with Gasteiger partial charge in [0.05, 0.1) is 6.54 Å². The van der Waals surface area contributed by atoms with E-state index in [9.17, 15) is 9.59 Å². The third-order valence-corrected chi connectivity index (χ3v) is 8.82. The molecule has 3 aromatic carbocycles. The summed E-state index contributed by atoms with van der Waals surface area (Å²) in [5, 5.41) is 0. The number of pyridine rings is 1. The van der Waals surface area contributed by atoms with E-state index in [-0.39, 0.29) is 11.8 Å². The van der Waals surface area contributed by atoms with Crippen LogP contribution in [0, 0.1) is 0 Å². The molecule has 0 atom stereocenters. The van der Waals surface area contributed by atoms with Gasteiger partial charge in [-0.3, -0.25) is 24.4 Å². The van der Waals surface area contributed by atoms with Crippen LogP contribution in [0.25, 0.3) is 11.1 Å². The Morgan fingerprint density at radius 3 is 2.34 bits per heavy atom. The summed E-state index contributed by atoms with van der Waals surface area (Å²) in [6.07, 6.45) is 5.43. The Bertz CT molecular complexity index is 1580. The molecule has 0 N–H and O–H groups in total. The summed E-state index contributed by atoms with van der Waals surface area (Å²) in [6, 6.07) is 29.2. The molecule has 7 heteroatoms. The normalized spacial score (nSPS) is 16.5. The van der Waals surface area contributed by atoms with Crippen LogP contribution < -0.4 is 4.90 Å². The second kappa shape index (κ2) is 14.0. The van der Waals surface area contributed by atoms with Crippen molar-refractivity contribution in [2.24, 2.45) is 0 Å². The number of hydrogen-bond acceptors (Lipinski definition) is 5. The molecule has 2 aliphatic rings. The van der Waals surface area contributed by atoms with Crippen LogP contribution in [0.5, 0.6) is 0 Å². The number of hydrogen-bond donors (Lipinski definition) is 0. The number of benzene rings is 3. The molecule has 2 amide bonds. The molecule has 6 rings (SSSR count). The van der Waals surface area contributed by atoms with Crippen molar-refractivity contribution in [2.75, 3.05) is 44.2 Å². The maximum atomic E-state index is 14.1. The second-order valence-electron chi connectivity index (χ2n) is 11.9. The van der Waals surface area contributed by atoms with Gasteiger partial charge in [-0.2, -0.15) is 0 Å². The van der Waals surface area contributed by atoms with Crippen molar-refractivity contribution in [3.63, 3.8) is 0 Å². The zero-order valence-electron chi connectivity index (χ0n) is 25.6. The molecule has 0 saturated heterocycles. The fraction of sp³-hybridized carbons (Fsp3) is 0.324. The minimum atomic E-state index is 0.0130. The lowest BCUT2D eigenvalue weighted by molar-refractivity contribution is -0.133. The third kappa shape index (κ3) is 7.24. The van der Waals surface area contributed by atoms with Crippen molar-refractivity contribution in [3.8, 4) is 11.1 Å². The first-order valence-electron chi connectivity index (χ1n) is 15.7. The minimum Gasteiger partial charge on any atom is -0.336 e. The fourth-order valence-corrected chi connectivity index (χ4v) is 6.44. The average Bonchev–Trinajstić information content (AvgIpc) is 3.08. The highest BCUT2D eigenvalue weighted by molar-refractivity contribution is 5.93. The van der Waals surface area contributed by atoms with Gasteiger partial charge in [0.15, 0.2) is 0 Å². The summed E-state index contributed by atoms with van der Waals surface area (Å²) in [4.78, 5) is 40.1. The Kier molecular flexibility index (Phi) is 9.44. The molecular weight excluding hydrogens is 546 g/mol. The van der Waals surface area contributed by atoms with Crippen LogP contribution in [0.3, 0.4) is 0 Å². The Morgan fingerprint density at radius 1 is 0.727 bits per heavy atom. The van der Waals surface area contributed by atoms with Gasteiger partial charge in [0.25, 0.3) is 0 Å². The van der Waals surface area contributed by atoms with Crippen LogP contribution in [0.1, 0.15) is 35.6 Å². The molecule has 44 heavy (non-hydrogen) atoms. The lowest BCUT2D eigenvalue weighted by Crippen LogP contribution is -2.44. The Balaban J connectivity index is 1.31. The van der Waals surface area contributed by atoms with Crippen molar-refractivity contribution in [2.45, 2.75) is 39.4 Å². The highest BCUT2D eigenvalue weighted by atomic mass is 16.2. The molecule has 2 aliphatic heterocycles. The van der Waals surface area contributed by atoms with Gasteiger partial charge < -0.3 is 9.80 Å². The van der Waals surface area contributed by atoms with Crippen LogP contribution in [0.15, 0.2) is 97.3 Å². The number of amides is 2. The summed E-state index contributed by atoms with van der Waals surface area (Å²) < 4.78 is 0. The molecule has 0 unspecified atom stereocenters. The zero-order chi connectivity index (χ0) is 30.3. The Hall–Kier alpha value is -4.33. The fourth-order valence-electron chi connectivity index (χ4n) is 6.44. The number of fused-ring (bicyclic) bond motifs is 2. The summed E-state index contributed by atoms with van der Waals surface area (Å²) in [7, 11) is 0. The molecule has 4 aromatic rings. The molecule has 0 saturated carbocycles. The van der Waals surface area contributed by atoms with Gasteiger partial charge in [-0.05, 0) is 64.4 Å². The predicted molar refractivity (Wildman–Crippen MR) is 175 cm³/mol. The summed E-state index contributed by atoms with van der Waals surface area (Å²) in [5.41, 5.74) is 7.84. The summed E-state index contributed by atoms with van der Waals surface area (Å²) >= 11 is 0. The van der Waals surface area contributed by atoms with Gasteiger partial charge in [0, 0.05) is 77.4 Å². The molecule has 226 valence electrons. The van der Waals surface area contributed by atoms with E-state index in [1.165, 1.54) is 16.7 Å². The van der Waals surface area contributed by atoms with Gasteiger partial charge in [0.2, 0.25) is 11.8 Å². The lowest BCUT2D eigenvalue weighted by atomic mass is 10.00. The zero-order valence-corrected chi connectivity index (χ0v) is 25.6. The predicted octanol–water partition coefficient (Wildman–Crippen LogP) is 5.39. The number of anilines is 1. The maximum absolute atomic E-state index is 14.1. The molecule has 0 aliphatic carbocycles. The number of nitrogens with zero attached hydrogens (tertiary/aromatic N) is 5. The van der Waals surface area contributed by atoms with E-state index in [4.69, 9.17) is 0 Å². The van der Waals surface area contributed by atoms with Crippen molar-refractivity contribution in [1.29, 1.82) is 0 Å². The average molecular weight is 588 g/mol. The standard InChI is InChI=1S/C37H41N5O2/c1-29(43)42-19-8-18-39(25-30-9-3-2-4-10-30)21-22-41(37(44)28-40-20-16-31-11-5-6-12-34(31)26-40)27-35-23-32(14-15-36(35)42)33-13-7-17-38-24-33/h2-7,9-15,17,23-24H,8,16,18-22,25-28H2,1H3. The molecule has 0 bridgehead atoms. The van der Waals surface area contributed by atoms with Crippen molar-refractivity contribution < 1.29 is 9.59 Å². The van der Waals surface area contributed by atoms with Gasteiger partial charge >= 0.3 is 0 Å². The largest absolute Gasteiger partial charge is 0.336 e. The van der Waals surface area contributed by atoms with E-state index in [1.54, 1.807) is 13.1 Å². The lowest BCUT2D eigenvalue weighted by Gasteiger charge is -2.32. The number of carbonyl (C=O) groups excluding carboxylic acids is 2. The Labute approximate surface area is 260 Å². The highest BCUT2D eigenvalue weighted by Crippen LogP contribution is 2.30. The van der Waals surface area contributed by atoms with Gasteiger partial charge in [-0.25, -0.2) is 0 Å². The van der Waals surface area contributed by atoms with Gasteiger partial charge in [0.1, 0.15) is 0 Å². The van der Waals surface area contributed by atoms with Gasteiger partial charge in [-0.1, -0.05) is 66.7 Å². The number of rotatable bonds is 5. The van der Waals surface area contributed by atoms with E-state index in [1.807, 2.05) is 40.3 Å². The SMILES string of the molecule is CC(=O)N1CCCN(Cc2ccccc2)CCN(C(=O)CN2CCc3ccccc3C2)Cc2cc(-c3cccnc3)ccc21. The van der Waals surface area contributed by atoms with Crippen LogP contribution in [0.4, 0.5) is 5.69 Å². The van der Waals surface area contributed by atoms with E-state index in [0.717, 1.165) is 67.9 Å². The summed E-state index contributed by atoms with van der Waals surface area (Å²) in [5.74, 6) is 0.134.